The molecule has 2 aliphatic heterocycles. The highest BCUT2D eigenvalue weighted by molar-refractivity contribution is 6.42. The van der Waals surface area contributed by atoms with Gasteiger partial charge in [0.1, 0.15) is 0 Å². The molecule has 0 aromatic heterocycles. The van der Waals surface area contributed by atoms with Crippen molar-refractivity contribution in [3.63, 3.8) is 0 Å². The summed E-state index contributed by atoms with van der Waals surface area (Å²) in [6, 6.07) is 11.7. The molecule has 4 rings (SSSR count). The molecule has 2 aromatic carbocycles. The van der Waals surface area contributed by atoms with Gasteiger partial charge in [-0.05, 0) is 49.2 Å². The largest absolute Gasteiger partial charge is 0.490 e. The number of rotatable bonds is 5. The summed E-state index contributed by atoms with van der Waals surface area (Å²) in [4.78, 5) is 17.1. The van der Waals surface area contributed by atoms with Gasteiger partial charge < -0.3 is 14.4 Å². The molecular formula is C23H26Cl2N2O3. The first-order valence-electron chi connectivity index (χ1n) is 10.3. The Kier molecular flexibility index (Phi) is 6.71. The first kappa shape index (κ1) is 21.3. The van der Waals surface area contributed by atoms with E-state index in [9.17, 15) is 4.79 Å². The molecule has 0 bridgehead atoms. The lowest BCUT2D eigenvalue weighted by Crippen LogP contribution is -2.38. The quantitative estimate of drug-likeness (QED) is 0.648. The van der Waals surface area contributed by atoms with Crippen LogP contribution in [-0.4, -0.2) is 49.1 Å². The zero-order valence-electron chi connectivity index (χ0n) is 17.1. The van der Waals surface area contributed by atoms with Gasteiger partial charge in [0.05, 0.1) is 35.8 Å². The van der Waals surface area contributed by atoms with Gasteiger partial charge >= 0.3 is 0 Å². The summed E-state index contributed by atoms with van der Waals surface area (Å²) >= 11 is 12.4. The highest BCUT2D eigenvalue weighted by Crippen LogP contribution is 2.38. The standard InChI is InChI=1S/C23H26Cl2N2O3/c1-26(14-17-5-2-6-18(24)23(17)25)15-22(28)27-10-3-7-19(27)16-8-9-20-21(13-16)30-12-4-11-29-20/h2,5-6,8-9,13,19H,3-4,7,10-12,14-15H2,1H3. The normalized spacial score (nSPS) is 18.5. The molecule has 1 fully saturated rings. The third-order valence-electron chi connectivity index (χ3n) is 5.61. The predicted molar refractivity (Wildman–Crippen MR) is 119 cm³/mol. The second-order valence-corrected chi connectivity index (χ2v) is 8.67. The third kappa shape index (κ3) is 4.69. The molecule has 7 heteroatoms. The number of benzene rings is 2. The number of likely N-dealkylation sites (tertiary alicyclic amines) is 1. The van der Waals surface area contributed by atoms with Crippen LogP contribution in [-0.2, 0) is 11.3 Å². The van der Waals surface area contributed by atoms with E-state index in [0.29, 0.717) is 36.3 Å². The highest BCUT2D eigenvalue weighted by Gasteiger charge is 2.31. The SMILES string of the molecule is CN(CC(=O)N1CCCC1c1ccc2c(c1)OCCCO2)Cc1cccc(Cl)c1Cl. The fraction of sp³-hybridized carbons (Fsp3) is 0.435. The minimum Gasteiger partial charge on any atom is -0.490 e. The van der Waals surface area contributed by atoms with Gasteiger partial charge in [0.25, 0.3) is 0 Å². The summed E-state index contributed by atoms with van der Waals surface area (Å²) in [5.74, 6) is 1.67. The minimum atomic E-state index is 0.0674. The maximum absolute atomic E-state index is 13.1. The Morgan fingerprint density at radius 3 is 2.77 bits per heavy atom. The van der Waals surface area contributed by atoms with E-state index in [-0.39, 0.29) is 11.9 Å². The molecule has 1 unspecified atom stereocenters. The third-order valence-corrected chi connectivity index (χ3v) is 6.46. The van der Waals surface area contributed by atoms with Crippen molar-refractivity contribution < 1.29 is 14.3 Å². The van der Waals surface area contributed by atoms with Gasteiger partial charge in [-0.1, -0.05) is 41.4 Å². The average Bonchev–Trinajstić information content (AvgIpc) is 3.10. The number of ether oxygens (including phenoxy) is 2. The van der Waals surface area contributed by atoms with Gasteiger partial charge in [-0.3, -0.25) is 9.69 Å². The Hall–Kier alpha value is -1.95. The van der Waals surface area contributed by atoms with Crippen LogP contribution in [0, 0.1) is 0 Å². The summed E-state index contributed by atoms with van der Waals surface area (Å²) in [6.45, 7) is 2.98. The highest BCUT2D eigenvalue weighted by atomic mass is 35.5. The van der Waals surface area contributed by atoms with Crippen molar-refractivity contribution in [2.24, 2.45) is 0 Å². The minimum absolute atomic E-state index is 0.0674. The smallest absolute Gasteiger partial charge is 0.237 e. The van der Waals surface area contributed by atoms with Gasteiger partial charge in [0.15, 0.2) is 11.5 Å². The number of hydrogen-bond donors (Lipinski definition) is 0. The van der Waals surface area contributed by atoms with Crippen LogP contribution in [0.1, 0.15) is 36.4 Å². The van der Waals surface area contributed by atoms with Crippen molar-refractivity contribution in [3.05, 3.63) is 57.6 Å². The molecule has 1 amide bonds. The predicted octanol–water partition coefficient (Wildman–Crippen LogP) is 4.95. The number of nitrogens with zero attached hydrogens (tertiary/aromatic N) is 2. The number of likely N-dealkylation sites (N-methyl/N-ethyl adjacent to an activating group) is 1. The molecule has 0 saturated carbocycles. The molecule has 1 saturated heterocycles. The molecule has 2 aromatic rings. The van der Waals surface area contributed by atoms with Crippen molar-refractivity contribution in [3.8, 4) is 11.5 Å². The number of carbonyl (C=O) groups is 1. The van der Waals surface area contributed by atoms with Crippen LogP contribution in [0.3, 0.4) is 0 Å². The van der Waals surface area contributed by atoms with Crippen LogP contribution >= 0.6 is 23.2 Å². The average molecular weight is 449 g/mol. The lowest BCUT2D eigenvalue weighted by atomic mass is 10.0. The molecule has 1 atom stereocenters. The van der Waals surface area contributed by atoms with Gasteiger partial charge in [0.2, 0.25) is 5.91 Å². The first-order valence-corrected chi connectivity index (χ1v) is 11.1. The molecule has 0 spiro atoms. The van der Waals surface area contributed by atoms with Crippen LogP contribution in [0.4, 0.5) is 0 Å². The van der Waals surface area contributed by atoms with E-state index in [1.807, 2.05) is 41.1 Å². The van der Waals surface area contributed by atoms with Gasteiger partial charge in [-0.25, -0.2) is 0 Å². The first-order chi connectivity index (χ1) is 14.5. The summed E-state index contributed by atoms with van der Waals surface area (Å²) in [5, 5.41) is 1.08. The van der Waals surface area contributed by atoms with E-state index in [1.54, 1.807) is 6.07 Å². The second kappa shape index (κ2) is 9.46. The molecule has 160 valence electrons. The lowest BCUT2D eigenvalue weighted by Gasteiger charge is -2.28. The summed E-state index contributed by atoms with van der Waals surface area (Å²) < 4.78 is 11.6. The summed E-state index contributed by atoms with van der Waals surface area (Å²) in [6.07, 6.45) is 2.82. The molecule has 0 aliphatic carbocycles. The Bertz CT molecular complexity index is 921. The summed E-state index contributed by atoms with van der Waals surface area (Å²) in [5.41, 5.74) is 2.02. The zero-order valence-corrected chi connectivity index (χ0v) is 18.6. The zero-order chi connectivity index (χ0) is 21.1. The van der Waals surface area contributed by atoms with Gasteiger partial charge in [0, 0.05) is 19.5 Å². The Morgan fingerprint density at radius 2 is 1.93 bits per heavy atom. The van der Waals surface area contributed by atoms with E-state index in [0.717, 1.165) is 48.4 Å². The Balaban J connectivity index is 1.43. The molecule has 5 nitrogen and oxygen atoms in total. The van der Waals surface area contributed by atoms with Crippen LogP contribution in [0.25, 0.3) is 0 Å². The van der Waals surface area contributed by atoms with Crippen LogP contribution in [0.15, 0.2) is 36.4 Å². The van der Waals surface area contributed by atoms with Gasteiger partial charge in [-0.15, -0.1) is 0 Å². The fourth-order valence-corrected chi connectivity index (χ4v) is 4.52. The van der Waals surface area contributed by atoms with Crippen molar-refractivity contribution in [1.29, 1.82) is 0 Å². The van der Waals surface area contributed by atoms with Gasteiger partial charge in [-0.2, -0.15) is 0 Å². The molecule has 0 radical (unpaired) electrons. The van der Waals surface area contributed by atoms with Crippen molar-refractivity contribution in [2.45, 2.75) is 31.8 Å². The van der Waals surface area contributed by atoms with E-state index in [1.165, 1.54) is 0 Å². The molecule has 2 heterocycles. The van der Waals surface area contributed by atoms with E-state index < -0.39 is 0 Å². The van der Waals surface area contributed by atoms with Crippen molar-refractivity contribution in [2.75, 3.05) is 33.4 Å². The van der Waals surface area contributed by atoms with Crippen molar-refractivity contribution in [1.82, 2.24) is 9.80 Å². The summed E-state index contributed by atoms with van der Waals surface area (Å²) in [7, 11) is 1.92. The second-order valence-electron chi connectivity index (χ2n) is 7.89. The molecule has 2 aliphatic rings. The molecule has 0 N–H and O–H groups in total. The Morgan fingerprint density at radius 1 is 1.13 bits per heavy atom. The fourth-order valence-electron chi connectivity index (χ4n) is 4.14. The van der Waals surface area contributed by atoms with E-state index in [2.05, 4.69) is 6.07 Å². The van der Waals surface area contributed by atoms with Crippen LogP contribution < -0.4 is 9.47 Å². The van der Waals surface area contributed by atoms with Crippen molar-refractivity contribution >= 4 is 29.1 Å². The topological polar surface area (TPSA) is 42.0 Å². The van der Waals surface area contributed by atoms with Crippen LogP contribution in [0.2, 0.25) is 10.0 Å². The van der Waals surface area contributed by atoms with E-state index in [4.69, 9.17) is 32.7 Å². The molecular weight excluding hydrogens is 423 g/mol. The maximum Gasteiger partial charge on any atom is 0.237 e. The number of fused-ring (bicyclic) bond motifs is 1. The number of amides is 1. The maximum atomic E-state index is 13.1. The Labute approximate surface area is 187 Å². The lowest BCUT2D eigenvalue weighted by molar-refractivity contribution is -0.133. The van der Waals surface area contributed by atoms with E-state index >= 15 is 0 Å². The number of hydrogen-bond acceptors (Lipinski definition) is 4. The molecule has 30 heavy (non-hydrogen) atoms. The number of carbonyl (C=O) groups excluding carboxylic acids is 1. The number of halogens is 2. The van der Waals surface area contributed by atoms with Crippen LogP contribution in [0.5, 0.6) is 11.5 Å². The monoisotopic (exact) mass is 448 g/mol.